The van der Waals surface area contributed by atoms with Crippen molar-refractivity contribution in [1.82, 2.24) is 9.78 Å². The van der Waals surface area contributed by atoms with Crippen LogP contribution in [0.25, 0.3) is 0 Å². The van der Waals surface area contributed by atoms with Crippen LogP contribution in [0.1, 0.15) is 5.56 Å². The normalized spacial score (nSPS) is 11.4. The number of rotatable bonds is 5. The molecule has 1 heterocycles. The van der Waals surface area contributed by atoms with Crippen LogP contribution in [-0.2, 0) is 16.6 Å². The molecule has 2 aromatic carbocycles. The van der Waals surface area contributed by atoms with Crippen LogP contribution in [0, 0.1) is 0 Å². The van der Waals surface area contributed by atoms with E-state index in [1.165, 1.54) is 18.3 Å². The topological polar surface area (TPSA) is 90.0 Å². The highest BCUT2D eigenvalue weighted by Gasteiger charge is 2.19. The first-order valence-corrected chi connectivity index (χ1v) is 8.94. The van der Waals surface area contributed by atoms with E-state index in [-0.39, 0.29) is 9.92 Å². The van der Waals surface area contributed by atoms with Crippen LogP contribution >= 0.6 is 11.6 Å². The third kappa shape index (κ3) is 3.69. The van der Waals surface area contributed by atoms with Gasteiger partial charge in [-0.25, -0.2) is 8.42 Å². The number of nitrogens with one attached hydrogen (secondary N) is 1. The van der Waals surface area contributed by atoms with Crippen molar-refractivity contribution in [2.75, 3.05) is 10.5 Å². The maximum Gasteiger partial charge on any atom is 0.263 e. The van der Waals surface area contributed by atoms with Gasteiger partial charge in [-0.3, -0.25) is 9.40 Å². The van der Waals surface area contributed by atoms with Gasteiger partial charge >= 0.3 is 0 Å². The first kappa shape index (κ1) is 16.4. The van der Waals surface area contributed by atoms with E-state index in [4.69, 9.17) is 17.3 Å². The second kappa shape index (κ2) is 6.54. The monoisotopic (exact) mass is 362 g/mol. The first-order chi connectivity index (χ1) is 11.4. The van der Waals surface area contributed by atoms with Crippen molar-refractivity contribution < 1.29 is 8.42 Å². The molecule has 6 nitrogen and oxygen atoms in total. The van der Waals surface area contributed by atoms with E-state index in [1.807, 2.05) is 30.3 Å². The maximum absolute atomic E-state index is 12.5. The summed E-state index contributed by atoms with van der Waals surface area (Å²) in [5, 5.41) is 4.27. The summed E-state index contributed by atoms with van der Waals surface area (Å²) in [5.74, 6) is 0. The van der Waals surface area contributed by atoms with Crippen molar-refractivity contribution in [1.29, 1.82) is 0 Å². The molecule has 24 heavy (non-hydrogen) atoms. The maximum atomic E-state index is 12.5. The highest BCUT2D eigenvalue weighted by molar-refractivity contribution is 7.92. The largest absolute Gasteiger partial charge is 0.399 e. The molecule has 0 aliphatic rings. The Morgan fingerprint density at radius 1 is 1.17 bits per heavy atom. The van der Waals surface area contributed by atoms with Crippen LogP contribution < -0.4 is 10.5 Å². The molecule has 0 fully saturated rings. The number of hydrogen-bond acceptors (Lipinski definition) is 4. The van der Waals surface area contributed by atoms with Crippen molar-refractivity contribution >= 4 is 33.0 Å². The average molecular weight is 363 g/mol. The Morgan fingerprint density at radius 3 is 2.67 bits per heavy atom. The van der Waals surface area contributed by atoms with Crippen LogP contribution in [-0.4, -0.2) is 18.2 Å². The van der Waals surface area contributed by atoms with Gasteiger partial charge in [0.2, 0.25) is 0 Å². The molecule has 0 aliphatic heterocycles. The first-order valence-electron chi connectivity index (χ1n) is 7.08. The summed E-state index contributed by atoms with van der Waals surface area (Å²) in [7, 11) is -3.84. The molecular weight excluding hydrogens is 348 g/mol. The van der Waals surface area contributed by atoms with Gasteiger partial charge in [0.25, 0.3) is 10.0 Å². The number of nitrogens with two attached hydrogens (primary N) is 1. The smallest absolute Gasteiger partial charge is 0.263 e. The standard InChI is InChI=1S/C16H15ClN4O2S/c17-15-7-6-13(18)8-16(15)24(22,23)20-14-9-19-21(11-14)10-12-4-2-1-3-5-12/h1-9,11,20H,10,18H2. The number of anilines is 2. The molecule has 0 bridgehead atoms. The highest BCUT2D eigenvalue weighted by atomic mass is 35.5. The van der Waals surface area contributed by atoms with Gasteiger partial charge in [0.05, 0.1) is 23.5 Å². The van der Waals surface area contributed by atoms with Crippen LogP contribution in [0.15, 0.2) is 65.8 Å². The van der Waals surface area contributed by atoms with Crippen molar-refractivity contribution in [3.05, 3.63) is 71.5 Å². The van der Waals surface area contributed by atoms with Crippen molar-refractivity contribution in [3.63, 3.8) is 0 Å². The Labute approximate surface area is 144 Å². The van der Waals surface area contributed by atoms with E-state index >= 15 is 0 Å². The Bertz CT molecular complexity index is 955. The molecule has 0 saturated heterocycles. The Balaban J connectivity index is 1.80. The summed E-state index contributed by atoms with van der Waals surface area (Å²) in [4.78, 5) is -0.0695. The molecule has 0 unspecified atom stereocenters. The van der Waals surface area contributed by atoms with Crippen LogP contribution in [0.2, 0.25) is 5.02 Å². The predicted molar refractivity (Wildman–Crippen MR) is 94.4 cm³/mol. The summed E-state index contributed by atoms with van der Waals surface area (Å²) < 4.78 is 29.0. The minimum absolute atomic E-state index is 0.0695. The second-order valence-electron chi connectivity index (χ2n) is 5.21. The minimum atomic E-state index is -3.84. The SMILES string of the molecule is Nc1ccc(Cl)c(S(=O)(=O)Nc2cnn(Cc3ccccc3)c2)c1. The third-order valence-corrected chi connectivity index (χ3v) is 5.18. The molecule has 0 radical (unpaired) electrons. The molecular formula is C16H15ClN4O2S. The average Bonchev–Trinajstić information content (AvgIpc) is 2.97. The van der Waals surface area contributed by atoms with E-state index in [0.29, 0.717) is 17.9 Å². The molecule has 0 spiro atoms. The number of nitrogens with zero attached hydrogens (tertiary/aromatic N) is 2. The number of benzene rings is 2. The summed E-state index contributed by atoms with van der Waals surface area (Å²) in [5.41, 5.74) is 7.37. The van der Waals surface area contributed by atoms with Crippen LogP contribution in [0.4, 0.5) is 11.4 Å². The lowest BCUT2D eigenvalue weighted by molar-refractivity contribution is 0.601. The summed E-state index contributed by atoms with van der Waals surface area (Å²) in [6, 6.07) is 14.1. The highest BCUT2D eigenvalue weighted by Crippen LogP contribution is 2.25. The van der Waals surface area contributed by atoms with Gasteiger partial charge in [0.1, 0.15) is 4.90 Å². The van der Waals surface area contributed by atoms with Gasteiger partial charge < -0.3 is 5.73 Å². The number of aromatic nitrogens is 2. The van der Waals surface area contributed by atoms with Gasteiger partial charge in [-0.2, -0.15) is 5.10 Å². The van der Waals surface area contributed by atoms with Gasteiger partial charge in [-0.15, -0.1) is 0 Å². The quantitative estimate of drug-likeness (QED) is 0.683. The Kier molecular flexibility index (Phi) is 4.46. The van der Waals surface area contributed by atoms with E-state index < -0.39 is 10.0 Å². The number of hydrogen-bond donors (Lipinski definition) is 2. The fourth-order valence-electron chi connectivity index (χ4n) is 2.21. The summed E-state index contributed by atoms with van der Waals surface area (Å²) in [6.45, 7) is 0.543. The van der Waals surface area contributed by atoms with E-state index in [2.05, 4.69) is 9.82 Å². The molecule has 0 amide bonds. The number of sulfonamides is 1. The number of halogens is 1. The molecule has 1 aromatic heterocycles. The lowest BCUT2D eigenvalue weighted by atomic mass is 10.2. The Morgan fingerprint density at radius 2 is 1.92 bits per heavy atom. The Hall–Kier alpha value is -2.51. The van der Waals surface area contributed by atoms with Gasteiger partial charge in [0, 0.05) is 11.9 Å². The van der Waals surface area contributed by atoms with Crippen molar-refractivity contribution in [2.45, 2.75) is 11.4 Å². The number of nitrogen functional groups attached to an aromatic ring is 1. The van der Waals surface area contributed by atoms with Crippen LogP contribution in [0.5, 0.6) is 0 Å². The summed E-state index contributed by atoms with van der Waals surface area (Å²) in [6.07, 6.45) is 3.06. The third-order valence-electron chi connectivity index (χ3n) is 3.32. The zero-order valence-corrected chi connectivity index (χ0v) is 14.1. The molecule has 0 saturated carbocycles. The van der Waals surface area contributed by atoms with E-state index in [1.54, 1.807) is 16.9 Å². The molecule has 0 atom stereocenters. The van der Waals surface area contributed by atoms with E-state index in [0.717, 1.165) is 5.56 Å². The van der Waals surface area contributed by atoms with Crippen molar-refractivity contribution in [3.8, 4) is 0 Å². The summed E-state index contributed by atoms with van der Waals surface area (Å²) >= 11 is 5.96. The van der Waals surface area contributed by atoms with Gasteiger partial charge in [-0.1, -0.05) is 41.9 Å². The lowest BCUT2D eigenvalue weighted by Crippen LogP contribution is -2.13. The fraction of sp³-hybridized carbons (Fsp3) is 0.0625. The molecule has 3 N–H and O–H groups in total. The second-order valence-corrected chi connectivity index (χ2v) is 7.27. The van der Waals surface area contributed by atoms with E-state index in [9.17, 15) is 8.42 Å². The zero-order chi connectivity index (χ0) is 17.2. The molecule has 3 aromatic rings. The van der Waals surface area contributed by atoms with Crippen molar-refractivity contribution in [2.24, 2.45) is 0 Å². The van der Waals surface area contributed by atoms with Gasteiger partial charge in [0.15, 0.2) is 0 Å². The predicted octanol–water partition coefficient (Wildman–Crippen LogP) is 2.97. The van der Waals surface area contributed by atoms with Crippen LogP contribution in [0.3, 0.4) is 0 Å². The molecule has 3 rings (SSSR count). The molecule has 0 aliphatic carbocycles. The molecule has 8 heteroatoms. The molecule has 124 valence electrons. The minimum Gasteiger partial charge on any atom is -0.399 e. The van der Waals surface area contributed by atoms with Gasteiger partial charge in [-0.05, 0) is 23.8 Å². The fourth-order valence-corrected chi connectivity index (χ4v) is 3.77. The zero-order valence-electron chi connectivity index (χ0n) is 12.6. The lowest BCUT2D eigenvalue weighted by Gasteiger charge is -2.08.